The lowest BCUT2D eigenvalue weighted by atomic mass is 9.82. The van der Waals surface area contributed by atoms with Gasteiger partial charge in [0.2, 0.25) is 5.88 Å². The summed E-state index contributed by atoms with van der Waals surface area (Å²) in [5.74, 6) is -3.26. The van der Waals surface area contributed by atoms with Crippen molar-refractivity contribution in [2.24, 2.45) is 5.92 Å². The van der Waals surface area contributed by atoms with Crippen LogP contribution < -0.4 is 4.74 Å². The van der Waals surface area contributed by atoms with Gasteiger partial charge in [0.25, 0.3) is 0 Å². The molecule has 180 valence electrons. The number of pyridine rings is 1. The fourth-order valence-electron chi connectivity index (χ4n) is 4.31. The molecule has 4 rings (SSSR count). The summed E-state index contributed by atoms with van der Waals surface area (Å²) in [5, 5.41) is 7.12. The molecule has 1 N–H and O–H groups in total. The Hall–Kier alpha value is -1.99. The molecule has 4 heterocycles. The Morgan fingerprint density at radius 2 is 1.91 bits per heavy atom. The van der Waals surface area contributed by atoms with E-state index in [2.05, 4.69) is 9.88 Å². The van der Waals surface area contributed by atoms with Crippen molar-refractivity contribution in [3.63, 3.8) is 0 Å². The second kappa shape index (κ2) is 9.48. The first-order valence-electron chi connectivity index (χ1n) is 10.0. The number of carboxylic acid groups (broad SMARTS) is 1. The average Bonchev–Trinajstić information content (AvgIpc) is 2.97. The minimum absolute atomic E-state index is 0.0532. The molecule has 8 nitrogen and oxygen atoms in total. The van der Waals surface area contributed by atoms with Crippen molar-refractivity contribution in [3.8, 4) is 5.88 Å². The van der Waals surface area contributed by atoms with Gasteiger partial charge in [-0.1, -0.05) is 0 Å². The van der Waals surface area contributed by atoms with Crippen LogP contribution in [0.3, 0.4) is 0 Å². The second-order valence-electron chi connectivity index (χ2n) is 8.02. The van der Waals surface area contributed by atoms with E-state index in [-0.39, 0.29) is 24.2 Å². The largest absolute Gasteiger partial charge is 0.490 e. The van der Waals surface area contributed by atoms with Gasteiger partial charge in [-0.2, -0.15) is 13.2 Å². The first-order chi connectivity index (χ1) is 15.0. The molecule has 3 fully saturated rings. The minimum Gasteiger partial charge on any atom is -0.475 e. The minimum atomic E-state index is -5.08. The number of nitrogens with zero attached hydrogens (tertiary/aromatic N) is 2. The normalized spacial score (nSPS) is 24.9. The van der Waals surface area contributed by atoms with Gasteiger partial charge in [0.15, 0.2) is 15.7 Å². The Kier molecular flexibility index (Phi) is 7.30. The zero-order chi connectivity index (χ0) is 23.6. The topological polar surface area (TPSA) is 106 Å². The third-order valence-electron chi connectivity index (χ3n) is 6.14. The summed E-state index contributed by atoms with van der Waals surface area (Å²) in [6.45, 7) is 2.78. The predicted octanol–water partition coefficient (Wildman–Crippen LogP) is 1.90. The van der Waals surface area contributed by atoms with E-state index in [0.717, 1.165) is 26.1 Å². The summed E-state index contributed by atoms with van der Waals surface area (Å²) in [6, 6.07) is 3.20. The molecule has 32 heavy (non-hydrogen) atoms. The molecule has 3 saturated heterocycles. The number of aliphatic carboxylic acids is 1. The average molecular weight is 484 g/mol. The molecule has 0 aromatic carbocycles. The van der Waals surface area contributed by atoms with Gasteiger partial charge < -0.3 is 14.6 Å². The number of carboxylic acids is 1. The molecule has 1 spiro atoms. The molecule has 1 aromatic rings. The number of likely N-dealkylation sites (tertiary alicyclic amines) is 1. The predicted molar refractivity (Wildman–Crippen MR) is 103 cm³/mol. The van der Waals surface area contributed by atoms with Gasteiger partial charge in [0.1, 0.15) is 4.75 Å². The zero-order valence-electron chi connectivity index (χ0n) is 17.1. The van der Waals surface area contributed by atoms with Crippen LogP contribution in [0.5, 0.6) is 5.88 Å². The molecule has 3 aliphatic heterocycles. The van der Waals surface area contributed by atoms with Crippen LogP contribution in [-0.4, -0.2) is 85.0 Å². The fraction of sp³-hybridized carbons (Fsp3) is 0.684. The quantitative estimate of drug-likeness (QED) is 0.646. The molecule has 0 bridgehead atoms. The standard InChI is InChI=1S/C17H23FN2O4S.C2HF3O2/c18-15-2-1-6-19-16(15)24-10-13-5-9-25(21,22)17(13)11-20(12-17)14-3-7-23-8-4-14;3-2(4,5)1(6)7/h1-2,6,13-14H,3-5,7-12H2;(H,6,7). The van der Waals surface area contributed by atoms with Crippen molar-refractivity contribution >= 4 is 15.8 Å². The molecule has 1 atom stereocenters. The van der Waals surface area contributed by atoms with Gasteiger partial charge in [-0.25, -0.2) is 22.6 Å². The first kappa shape index (κ1) is 24.6. The van der Waals surface area contributed by atoms with E-state index in [4.69, 9.17) is 19.4 Å². The number of ether oxygens (including phenoxy) is 2. The number of aromatic nitrogens is 1. The summed E-state index contributed by atoms with van der Waals surface area (Å²) < 4.78 is 81.0. The van der Waals surface area contributed by atoms with Crippen LogP contribution in [0.1, 0.15) is 19.3 Å². The Balaban J connectivity index is 0.000000360. The zero-order valence-corrected chi connectivity index (χ0v) is 17.9. The Morgan fingerprint density at radius 1 is 1.28 bits per heavy atom. The van der Waals surface area contributed by atoms with E-state index >= 15 is 0 Å². The highest BCUT2D eigenvalue weighted by atomic mass is 32.2. The van der Waals surface area contributed by atoms with E-state index in [1.807, 2.05) is 0 Å². The van der Waals surface area contributed by atoms with E-state index < -0.39 is 32.5 Å². The van der Waals surface area contributed by atoms with Crippen molar-refractivity contribution in [1.29, 1.82) is 0 Å². The van der Waals surface area contributed by atoms with Crippen LogP contribution in [0.15, 0.2) is 18.3 Å². The SMILES string of the molecule is O=C(O)C(F)(F)F.O=S1(=O)CCC(COc2ncccc2F)C12CN(C1CCOCC1)C2. The van der Waals surface area contributed by atoms with Crippen LogP contribution in [-0.2, 0) is 19.4 Å². The van der Waals surface area contributed by atoms with Crippen LogP contribution in [0.25, 0.3) is 0 Å². The molecule has 13 heteroatoms. The van der Waals surface area contributed by atoms with Crippen LogP contribution >= 0.6 is 0 Å². The molecule has 0 radical (unpaired) electrons. The molecule has 1 unspecified atom stereocenters. The number of alkyl halides is 3. The smallest absolute Gasteiger partial charge is 0.475 e. The third kappa shape index (κ3) is 5.15. The van der Waals surface area contributed by atoms with Gasteiger partial charge in [-0.15, -0.1) is 0 Å². The number of carbonyl (C=O) groups is 1. The van der Waals surface area contributed by atoms with Gasteiger partial charge in [-0.05, 0) is 31.4 Å². The van der Waals surface area contributed by atoms with Crippen molar-refractivity contribution < 1.29 is 45.4 Å². The third-order valence-corrected chi connectivity index (χ3v) is 8.74. The number of halogens is 4. The lowest BCUT2D eigenvalue weighted by molar-refractivity contribution is -0.192. The highest BCUT2D eigenvalue weighted by Crippen LogP contribution is 2.46. The van der Waals surface area contributed by atoms with Gasteiger partial charge in [-0.3, -0.25) is 4.90 Å². The number of rotatable bonds is 4. The second-order valence-corrected chi connectivity index (χ2v) is 10.5. The summed E-state index contributed by atoms with van der Waals surface area (Å²) >= 11 is 0. The molecular formula is C19H24F4N2O6S. The number of sulfone groups is 1. The molecule has 0 aliphatic carbocycles. The highest BCUT2D eigenvalue weighted by molar-refractivity contribution is 7.93. The number of hydrogen-bond donors (Lipinski definition) is 1. The summed E-state index contributed by atoms with van der Waals surface area (Å²) in [7, 11) is -3.15. The lowest BCUT2D eigenvalue weighted by Crippen LogP contribution is -2.70. The van der Waals surface area contributed by atoms with Gasteiger partial charge in [0, 0.05) is 44.5 Å². The van der Waals surface area contributed by atoms with Crippen molar-refractivity contribution in [2.45, 2.75) is 36.2 Å². The van der Waals surface area contributed by atoms with E-state index in [1.165, 1.54) is 18.3 Å². The molecule has 0 amide bonds. The molecule has 1 aromatic heterocycles. The Labute approximate surface area is 182 Å². The molecule has 3 aliphatic rings. The van der Waals surface area contributed by atoms with E-state index in [1.54, 1.807) is 0 Å². The maximum atomic E-state index is 13.7. The summed E-state index contributed by atoms with van der Waals surface area (Å²) in [5.41, 5.74) is 0. The lowest BCUT2D eigenvalue weighted by Gasteiger charge is -2.53. The van der Waals surface area contributed by atoms with E-state index in [0.29, 0.717) is 25.6 Å². The van der Waals surface area contributed by atoms with Crippen molar-refractivity contribution in [3.05, 3.63) is 24.1 Å². The van der Waals surface area contributed by atoms with Gasteiger partial charge in [0.05, 0.1) is 12.4 Å². The van der Waals surface area contributed by atoms with E-state index in [9.17, 15) is 26.0 Å². The Morgan fingerprint density at radius 3 is 2.47 bits per heavy atom. The fourth-order valence-corrected chi connectivity index (χ4v) is 6.73. The van der Waals surface area contributed by atoms with Crippen molar-refractivity contribution in [2.75, 3.05) is 38.7 Å². The molecular weight excluding hydrogens is 460 g/mol. The van der Waals surface area contributed by atoms with Gasteiger partial charge >= 0.3 is 12.1 Å². The summed E-state index contributed by atoms with van der Waals surface area (Å²) in [4.78, 5) is 15.0. The van der Waals surface area contributed by atoms with Crippen molar-refractivity contribution in [1.82, 2.24) is 9.88 Å². The monoisotopic (exact) mass is 484 g/mol. The summed E-state index contributed by atoms with van der Waals surface area (Å²) in [6.07, 6.45) is -1.14. The number of hydrogen-bond acceptors (Lipinski definition) is 7. The van der Waals surface area contributed by atoms with Crippen LogP contribution in [0.2, 0.25) is 0 Å². The van der Waals surface area contributed by atoms with Crippen LogP contribution in [0, 0.1) is 11.7 Å². The highest BCUT2D eigenvalue weighted by Gasteiger charge is 2.62. The molecule has 0 saturated carbocycles. The first-order valence-corrected chi connectivity index (χ1v) is 11.7. The Bertz CT molecular complexity index is 915. The van der Waals surface area contributed by atoms with Crippen LogP contribution in [0.4, 0.5) is 17.6 Å². The maximum Gasteiger partial charge on any atom is 0.490 e. The maximum absolute atomic E-state index is 13.7.